The topological polar surface area (TPSA) is 95.1 Å². The number of benzene rings is 3. The van der Waals surface area contributed by atoms with E-state index < -0.39 is 0 Å². The molecular formula is C29H28ClN5O3S. The molecule has 0 aliphatic carbocycles. The van der Waals surface area contributed by atoms with E-state index in [9.17, 15) is 9.59 Å². The number of anilines is 3. The van der Waals surface area contributed by atoms with E-state index in [-0.39, 0.29) is 18.0 Å². The Hall–Kier alpha value is -3.95. The number of fused-ring (bicyclic) bond motifs is 1. The molecule has 3 aromatic carbocycles. The smallest absolute Gasteiger partial charge is 0.323 e. The number of para-hydroxylation sites is 2. The number of nitrogens with zero attached hydrogens (tertiary/aromatic N) is 2. The van der Waals surface area contributed by atoms with Crippen molar-refractivity contribution in [2.45, 2.75) is 19.4 Å². The fourth-order valence-electron chi connectivity index (χ4n) is 4.66. The number of halogens is 1. The van der Waals surface area contributed by atoms with Crippen LogP contribution in [0.4, 0.5) is 21.9 Å². The van der Waals surface area contributed by atoms with E-state index >= 15 is 0 Å². The molecule has 39 heavy (non-hydrogen) atoms. The van der Waals surface area contributed by atoms with Gasteiger partial charge in [0.05, 0.1) is 30.1 Å². The Morgan fingerprint density at radius 1 is 1.00 bits per heavy atom. The van der Waals surface area contributed by atoms with Crippen molar-refractivity contribution < 1.29 is 14.3 Å². The molecule has 1 atom stereocenters. The van der Waals surface area contributed by atoms with Crippen LogP contribution >= 0.6 is 23.4 Å². The summed E-state index contributed by atoms with van der Waals surface area (Å²) in [6, 6.07) is 21.0. The number of carbonyl (C=O) groups is 2. The molecule has 0 aromatic heterocycles. The average molecular weight is 562 g/mol. The number of nitrogens with one attached hydrogen (secondary N) is 3. The van der Waals surface area contributed by atoms with Crippen LogP contribution in [0.3, 0.4) is 0 Å². The highest BCUT2D eigenvalue weighted by atomic mass is 35.5. The lowest BCUT2D eigenvalue weighted by molar-refractivity contribution is -0.113. The predicted octanol–water partition coefficient (Wildman–Crippen LogP) is 6.75. The molecule has 0 saturated carbocycles. The normalized spacial score (nSPS) is 16.6. The van der Waals surface area contributed by atoms with Crippen LogP contribution in [0.25, 0.3) is 0 Å². The Bertz CT molecular complexity index is 1460. The highest BCUT2D eigenvalue weighted by Gasteiger charge is 2.37. The summed E-state index contributed by atoms with van der Waals surface area (Å²) in [6.07, 6.45) is 0.974. The first-order chi connectivity index (χ1) is 18.9. The van der Waals surface area contributed by atoms with Crippen molar-refractivity contribution in [1.82, 2.24) is 4.90 Å². The molecule has 8 nitrogen and oxygen atoms in total. The summed E-state index contributed by atoms with van der Waals surface area (Å²) in [5.74, 6) is 1.30. The Morgan fingerprint density at radius 3 is 2.56 bits per heavy atom. The summed E-state index contributed by atoms with van der Waals surface area (Å²) in [6.45, 7) is 2.63. The Labute approximate surface area is 236 Å². The minimum atomic E-state index is -0.380. The molecule has 3 N–H and O–H groups in total. The molecular weight excluding hydrogens is 534 g/mol. The maximum absolute atomic E-state index is 13.8. The Morgan fingerprint density at radius 2 is 1.77 bits per heavy atom. The molecule has 10 heteroatoms. The van der Waals surface area contributed by atoms with Crippen molar-refractivity contribution in [2.75, 3.05) is 35.4 Å². The van der Waals surface area contributed by atoms with E-state index in [4.69, 9.17) is 21.3 Å². The number of aliphatic imine (C=N–C) groups is 1. The number of hydrogen-bond acceptors (Lipinski definition) is 6. The first-order valence-electron chi connectivity index (χ1n) is 12.5. The van der Waals surface area contributed by atoms with Gasteiger partial charge < -0.3 is 25.6 Å². The van der Waals surface area contributed by atoms with Crippen molar-refractivity contribution in [2.24, 2.45) is 4.99 Å². The number of rotatable bonds is 6. The van der Waals surface area contributed by atoms with Crippen LogP contribution in [0.1, 0.15) is 24.9 Å². The molecule has 1 saturated heterocycles. The minimum Gasteiger partial charge on any atom is -0.495 e. The summed E-state index contributed by atoms with van der Waals surface area (Å²) >= 11 is 7.63. The fourth-order valence-corrected chi connectivity index (χ4v) is 5.80. The quantitative estimate of drug-likeness (QED) is 0.309. The van der Waals surface area contributed by atoms with Crippen LogP contribution in [0, 0.1) is 0 Å². The van der Waals surface area contributed by atoms with Gasteiger partial charge in [0, 0.05) is 28.7 Å². The van der Waals surface area contributed by atoms with Gasteiger partial charge in [-0.2, -0.15) is 0 Å². The lowest BCUT2D eigenvalue weighted by Crippen LogP contribution is -2.43. The zero-order chi connectivity index (χ0) is 27.4. The van der Waals surface area contributed by atoms with Gasteiger partial charge in [0.25, 0.3) is 5.91 Å². The van der Waals surface area contributed by atoms with Gasteiger partial charge in [-0.25, -0.2) is 9.79 Å². The highest BCUT2D eigenvalue weighted by molar-refractivity contribution is 8.13. The summed E-state index contributed by atoms with van der Waals surface area (Å²) in [7, 11) is 1.57. The summed E-state index contributed by atoms with van der Waals surface area (Å²) in [4.78, 5) is 33.4. The molecule has 0 radical (unpaired) electrons. The zero-order valence-electron chi connectivity index (χ0n) is 21.5. The standard InChI is InChI=1S/C29H28ClN5O3S/c1-18-25(27(36)34-23-9-3-4-10-24(23)38-2)26(35-15-6-16-39-29(35)31-18)19-7-5-8-22(17-19)33-28(37)32-21-13-11-20(30)12-14-21/h3-5,7-14,17,26H,6,15-16H2,1-2H3,(H,34,36)(H2,32,33,37). The van der Waals surface area contributed by atoms with Gasteiger partial charge in [-0.15, -0.1) is 0 Å². The molecule has 0 spiro atoms. The third-order valence-corrected chi connectivity index (χ3v) is 7.75. The van der Waals surface area contributed by atoms with Crippen molar-refractivity contribution in [3.05, 3.63) is 94.7 Å². The maximum atomic E-state index is 13.8. The lowest BCUT2D eigenvalue weighted by Gasteiger charge is -2.41. The van der Waals surface area contributed by atoms with Gasteiger partial charge in [-0.05, 0) is 67.4 Å². The minimum absolute atomic E-state index is 0.251. The molecule has 3 amide bonds. The number of allylic oxidation sites excluding steroid dienone is 1. The summed E-state index contributed by atoms with van der Waals surface area (Å²) in [5, 5.41) is 10.2. The van der Waals surface area contributed by atoms with Gasteiger partial charge in [0.15, 0.2) is 5.17 Å². The van der Waals surface area contributed by atoms with Crippen LogP contribution in [0.5, 0.6) is 5.75 Å². The number of amides is 3. The molecule has 1 fully saturated rings. The molecule has 200 valence electrons. The Kier molecular flexibility index (Phi) is 8.09. The van der Waals surface area contributed by atoms with Crippen LogP contribution in [-0.4, -0.2) is 41.4 Å². The number of hydrogen-bond donors (Lipinski definition) is 3. The third-order valence-electron chi connectivity index (χ3n) is 6.42. The van der Waals surface area contributed by atoms with Gasteiger partial charge in [0.1, 0.15) is 5.75 Å². The van der Waals surface area contributed by atoms with Gasteiger partial charge in [-0.3, -0.25) is 4.79 Å². The van der Waals surface area contributed by atoms with Gasteiger partial charge in [0.2, 0.25) is 0 Å². The Balaban J connectivity index is 1.44. The fraction of sp³-hybridized carbons (Fsp3) is 0.207. The number of thioether (sulfide) groups is 1. The molecule has 2 heterocycles. The van der Waals surface area contributed by atoms with E-state index in [1.807, 2.05) is 43.3 Å². The largest absolute Gasteiger partial charge is 0.495 e. The average Bonchev–Trinajstić information content (AvgIpc) is 2.94. The maximum Gasteiger partial charge on any atom is 0.323 e. The second-order valence-corrected chi connectivity index (χ2v) is 10.6. The summed E-state index contributed by atoms with van der Waals surface area (Å²) in [5.41, 5.74) is 3.90. The monoisotopic (exact) mass is 561 g/mol. The number of methoxy groups -OCH3 is 1. The van der Waals surface area contributed by atoms with Crippen LogP contribution in [0.2, 0.25) is 5.02 Å². The van der Waals surface area contributed by atoms with Crippen molar-refractivity contribution in [3.8, 4) is 5.75 Å². The molecule has 2 aliphatic rings. The summed E-state index contributed by atoms with van der Waals surface area (Å²) < 4.78 is 5.43. The first kappa shape index (κ1) is 26.6. The SMILES string of the molecule is COc1ccccc1NC(=O)C1=C(C)N=C2SCCCN2C1c1cccc(NC(=O)Nc2ccc(Cl)cc2)c1. The molecule has 3 aromatic rings. The van der Waals surface area contributed by atoms with E-state index in [0.29, 0.717) is 39.1 Å². The van der Waals surface area contributed by atoms with Crippen molar-refractivity contribution in [1.29, 1.82) is 0 Å². The van der Waals surface area contributed by atoms with Crippen LogP contribution in [0.15, 0.2) is 89.1 Å². The van der Waals surface area contributed by atoms with E-state index in [1.165, 1.54) is 0 Å². The van der Waals surface area contributed by atoms with Gasteiger partial charge in [-0.1, -0.05) is 47.6 Å². The number of ether oxygens (including phenoxy) is 1. The highest BCUT2D eigenvalue weighted by Crippen LogP contribution is 2.40. The van der Waals surface area contributed by atoms with Crippen LogP contribution < -0.4 is 20.7 Å². The van der Waals surface area contributed by atoms with E-state index in [2.05, 4.69) is 20.9 Å². The lowest BCUT2D eigenvalue weighted by atomic mass is 9.93. The van der Waals surface area contributed by atoms with E-state index in [1.54, 1.807) is 55.3 Å². The second-order valence-electron chi connectivity index (χ2n) is 9.06. The molecule has 1 unspecified atom stereocenters. The van der Waals surface area contributed by atoms with Crippen molar-refractivity contribution in [3.63, 3.8) is 0 Å². The third kappa shape index (κ3) is 6.05. The molecule has 5 rings (SSSR count). The number of amidine groups is 1. The predicted molar refractivity (Wildman–Crippen MR) is 159 cm³/mol. The number of urea groups is 1. The molecule has 0 bridgehead atoms. The van der Waals surface area contributed by atoms with Crippen LogP contribution in [-0.2, 0) is 4.79 Å². The van der Waals surface area contributed by atoms with Crippen molar-refractivity contribution >= 4 is 57.5 Å². The zero-order valence-corrected chi connectivity index (χ0v) is 23.1. The van der Waals surface area contributed by atoms with E-state index in [0.717, 1.165) is 29.4 Å². The second kappa shape index (κ2) is 11.8. The van der Waals surface area contributed by atoms with Gasteiger partial charge >= 0.3 is 6.03 Å². The number of carbonyl (C=O) groups excluding carboxylic acids is 2. The first-order valence-corrected chi connectivity index (χ1v) is 13.9. The molecule has 2 aliphatic heterocycles.